The fraction of sp³-hybridized carbons (Fsp3) is 0.263. The van der Waals surface area contributed by atoms with Crippen LogP contribution in [0.2, 0.25) is 0 Å². The van der Waals surface area contributed by atoms with Gasteiger partial charge in [-0.3, -0.25) is 0 Å². The van der Waals surface area contributed by atoms with Crippen LogP contribution in [-0.4, -0.2) is 6.54 Å². The predicted octanol–water partition coefficient (Wildman–Crippen LogP) is 5.17. The number of unbranched alkanes of at least 4 members (excludes halogenated alkanes) is 1. The van der Waals surface area contributed by atoms with Gasteiger partial charge in [0.15, 0.2) is 0 Å². The molecule has 0 aromatic heterocycles. The molecular formula is C19H22BrN. The highest BCUT2D eigenvalue weighted by Crippen LogP contribution is 2.28. The molecule has 2 aromatic rings. The van der Waals surface area contributed by atoms with Crippen molar-refractivity contribution < 1.29 is 0 Å². The summed E-state index contributed by atoms with van der Waals surface area (Å²) in [4.78, 5) is 0. The molecule has 21 heavy (non-hydrogen) atoms. The first-order chi connectivity index (χ1) is 10.2. The summed E-state index contributed by atoms with van der Waals surface area (Å²) in [6, 6.07) is 17.0. The number of rotatable bonds is 6. The van der Waals surface area contributed by atoms with Crippen LogP contribution < -0.4 is 5.73 Å². The number of halogens is 1. The van der Waals surface area contributed by atoms with Crippen molar-refractivity contribution in [3.63, 3.8) is 0 Å². The summed E-state index contributed by atoms with van der Waals surface area (Å²) >= 11 is 3.73. The van der Waals surface area contributed by atoms with Crippen LogP contribution in [0.3, 0.4) is 0 Å². The molecule has 2 rings (SSSR count). The lowest BCUT2D eigenvalue weighted by atomic mass is 10.00. The highest BCUT2D eigenvalue weighted by molar-refractivity contribution is 9.15. The molecule has 0 saturated heterocycles. The monoisotopic (exact) mass is 343 g/mol. The van der Waals surface area contributed by atoms with E-state index in [1.54, 1.807) is 0 Å². The smallest absolute Gasteiger partial charge is 0.0256 e. The molecule has 0 aliphatic carbocycles. The van der Waals surface area contributed by atoms with Gasteiger partial charge in [0.1, 0.15) is 0 Å². The van der Waals surface area contributed by atoms with Gasteiger partial charge in [0.2, 0.25) is 0 Å². The molecule has 2 aromatic carbocycles. The van der Waals surface area contributed by atoms with Crippen molar-refractivity contribution in [3.05, 3.63) is 70.8 Å². The maximum atomic E-state index is 5.58. The molecule has 0 bridgehead atoms. The van der Waals surface area contributed by atoms with E-state index in [2.05, 4.69) is 77.5 Å². The summed E-state index contributed by atoms with van der Waals surface area (Å²) in [5, 5.41) is 0. The van der Waals surface area contributed by atoms with E-state index in [0.717, 1.165) is 30.3 Å². The lowest BCUT2D eigenvalue weighted by Crippen LogP contribution is -1.99. The Morgan fingerprint density at radius 1 is 1.05 bits per heavy atom. The Bertz CT molecular complexity index is 616. The fourth-order valence-electron chi connectivity index (χ4n) is 2.42. The second kappa shape index (κ2) is 8.16. The molecule has 0 aliphatic rings. The van der Waals surface area contributed by atoms with Gasteiger partial charge < -0.3 is 5.73 Å². The van der Waals surface area contributed by atoms with Gasteiger partial charge in [0, 0.05) is 4.48 Å². The van der Waals surface area contributed by atoms with Crippen LogP contribution in [0.15, 0.2) is 48.5 Å². The van der Waals surface area contributed by atoms with Crippen molar-refractivity contribution >= 4 is 26.5 Å². The van der Waals surface area contributed by atoms with Crippen LogP contribution in [0.25, 0.3) is 10.6 Å². The molecule has 2 heteroatoms. The van der Waals surface area contributed by atoms with Crippen molar-refractivity contribution in [1.29, 1.82) is 0 Å². The average molecular weight is 344 g/mol. The first-order valence-corrected chi connectivity index (χ1v) is 8.23. The number of hydrogen-bond acceptors (Lipinski definition) is 1. The standard InChI is InChI=1S/C19H22BrN/c1-15-8-2-5-12-18(15)19(20)14-17-11-4-3-9-16(17)10-6-7-13-21/h2-5,8-9,11-12,14H,6-7,10,13,21H2,1H3/b19-14+. The Kier molecular flexibility index (Phi) is 6.21. The lowest BCUT2D eigenvalue weighted by molar-refractivity contribution is 0.744. The molecule has 0 unspecified atom stereocenters. The molecule has 0 aliphatic heterocycles. The second-order valence-corrected chi connectivity index (χ2v) is 6.11. The zero-order valence-corrected chi connectivity index (χ0v) is 14.1. The first-order valence-electron chi connectivity index (χ1n) is 7.43. The number of nitrogens with two attached hydrogens (primary N) is 1. The Balaban J connectivity index is 2.26. The highest BCUT2D eigenvalue weighted by atomic mass is 79.9. The normalized spacial score (nSPS) is 11.7. The van der Waals surface area contributed by atoms with E-state index in [4.69, 9.17) is 5.73 Å². The summed E-state index contributed by atoms with van der Waals surface area (Å²) in [7, 11) is 0. The fourth-order valence-corrected chi connectivity index (χ4v) is 3.11. The van der Waals surface area contributed by atoms with Gasteiger partial charge >= 0.3 is 0 Å². The maximum absolute atomic E-state index is 5.58. The topological polar surface area (TPSA) is 26.0 Å². The minimum atomic E-state index is 0.769. The zero-order valence-electron chi connectivity index (χ0n) is 12.5. The average Bonchev–Trinajstić information content (AvgIpc) is 2.49. The minimum Gasteiger partial charge on any atom is -0.330 e. The Morgan fingerprint density at radius 2 is 1.76 bits per heavy atom. The number of benzene rings is 2. The number of aryl methyl sites for hydroxylation is 2. The second-order valence-electron chi connectivity index (χ2n) is 5.25. The van der Waals surface area contributed by atoms with E-state index in [0.29, 0.717) is 0 Å². The highest BCUT2D eigenvalue weighted by Gasteiger charge is 2.04. The Labute approximate surface area is 136 Å². The van der Waals surface area contributed by atoms with E-state index >= 15 is 0 Å². The summed E-state index contributed by atoms with van der Waals surface area (Å²) in [6.07, 6.45) is 5.53. The van der Waals surface area contributed by atoms with E-state index in [1.165, 1.54) is 22.3 Å². The molecule has 0 spiro atoms. The van der Waals surface area contributed by atoms with Crippen LogP contribution in [0.1, 0.15) is 35.1 Å². The van der Waals surface area contributed by atoms with Crippen LogP contribution in [-0.2, 0) is 6.42 Å². The maximum Gasteiger partial charge on any atom is 0.0256 e. The van der Waals surface area contributed by atoms with Crippen molar-refractivity contribution in [2.45, 2.75) is 26.2 Å². The molecule has 1 nitrogen and oxygen atoms in total. The van der Waals surface area contributed by atoms with Gasteiger partial charge in [-0.1, -0.05) is 64.5 Å². The van der Waals surface area contributed by atoms with Gasteiger partial charge in [0.25, 0.3) is 0 Å². The van der Waals surface area contributed by atoms with Crippen molar-refractivity contribution in [1.82, 2.24) is 0 Å². The molecule has 0 amide bonds. The van der Waals surface area contributed by atoms with E-state index < -0.39 is 0 Å². The molecular weight excluding hydrogens is 322 g/mol. The summed E-state index contributed by atoms with van der Waals surface area (Å²) < 4.78 is 1.13. The van der Waals surface area contributed by atoms with Crippen LogP contribution in [0.5, 0.6) is 0 Å². The predicted molar refractivity (Wildman–Crippen MR) is 96.4 cm³/mol. The minimum absolute atomic E-state index is 0.769. The third-order valence-electron chi connectivity index (χ3n) is 3.64. The molecule has 0 heterocycles. The third-order valence-corrected chi connectivity index (χ3v) is 4.30. The Hall–Kier alpha value is -1.38. The molecule has 0 atom stereocenters. The van der Waals surface area contributed by atoms with Gasteiger partial charge in [-0.05, 0) is 61.1 Å². The summed E-state index contributed by atoms with van der Waals surface area (Å²) in [6.45, 7) is 2.91. The van der Waals surface area contributed by atoms with Crippen molar-refractivity contribution in [2.75, 3.05) is 6.54 Å². The van der Waals surface area contributed by atoms with Crippen LogP contribution >= 0.6 is 15.9 Å². The lowest BCUT2D eigenvalue weighted by Gasteiger charge is -2.08. The largest absolute Gasteiger partial charge is 0.330 e. The molecule has 2 N–H and O–H groups in total. The van der Waals surface area contributed by atoms with Gasteiger partial charge in [0.05, 0.1) is 0 Å². The SMILES string of the molecule is Cc1ccccc1/C(Br)=C\c1ccccc1CCCCN. The van der Waals surface area contributed by atoms with Gasteiger partial charge in [-0.15, -0.1) is 0 Å². The molecule has 0 fully saturated rings. The molecule has 0 saturated carbocycles. The van der Waals surface area contributed by atoms with Crippen molar-refractivity contribution in [3.8, 4) is 0 Å². The van der Waals surface area contributed by atoms with E-state index in [-0.39, 0.29) is 0 Å². The number of hydrogen-bond donors (Lipinski definition) is 1. The Morgan fingerprint density at radius 3 is 2.52 bits per heavy atom. The van der Waals surface area contributed by atoms with Gasteiger partial charge in [-0.25, -0.2) is 0 Å². The van der Waals surface area contributed by atoms with Crippen molar-refractivity contribution in [2.24, 2.45) is 5.73 Å². The van der Waals surface area contributed by atoms with E-state index in [9.17, 15) is 0 Å². The quantitative estimate of drug-likeness (QED) is 0.568. The zero-order chi connectivity index (χ0) is 15.1. The van der Waals surface area contributed by atoms with Gasteiger partial charge in [-0.2, -0.15) is 0 Å². The van der Waals surface area contributed by atoms with Crippen LogP contribution in [0, 0.1) is 6.92 Å². The summed E-state index contributed by atoms with van der Waals surface area (Å²) in [5.74, 6) is 0. The molecule has 0 radical (unpaired) electrons. The van der Waals surface area contributed by atoms with Crippen LogP contribution in [0.4, 0.5) is 0 Å². The van der Waals surface area contributed by atoms with E-state index in [1.807, 2.05) is 0 Å². The molecule has 110 valence electrons. The first kappa shape index (κ1) is 16.0. The summed E-state index contributed by atoms with van der Waals surface area (Å²) in [5.41, 5.74) is 10.8. The third kappa shape index (κ3) is 4.55.